The fourth-order valence-electron chi connectivity index (χ4n) is 3.26. The van der Waals surface area contributed by atoms with Crippen LogP contribution in [0.25, 0.3) is 11.3 Å². The van der Waals surface area contributed by atoms with Crippen molar-refractivity contribution >= 4 is 17.3 Å². The highest BCUT2D eigenvalue weighted by atomic mass is 32.1. The van der Waals surface area contributed by atoms with Crippen molar-refractivity contribution in [1.29, 1.82) is 0 Å². The molecule has 1 unspecified atom stereocenters. The number of nitrogens with one attached hydrogen (secondary N) is 1. The number of pyridine rings is 1. The van der Waals surface area contributed by atoms with Crippen LogP contribution in [0.15, 0.2) is 42.0 Å². The average molecular weight is 482 g/mol. The lowest BCUT2D eigenvalue weighted by Crippen LogP contribution is -2.21. The van der Waals surface area contributed by atoms with E-state index in [1.54, 1.807) is 23.7 Å². The van der Waals surface area contributed by atoms with Crippen LogP contribution in [0, 0.1) is 13.8 Å². The Hall–Kier alpha value is -2.98. The van der Waals surface area contributed by atoms with Gasteiger partial charge in [0.25, 0.3) is 0 Å². The number of benzene rings is 1. The Bertz CT molecular complexity index is 1030. The number of hydrogen-bond acceptors (Lipinski definition) is 6. The minimum absolute atomic E-state index is 0.124. The topological polar surface area (TPSA) is 95.3 Å². The highest BCUT2D eigenvalue weighted by Gasteiger charge is 2.38. The van der Waals surface area contributed by atoms with E-state index in [4.69, 9.17) is 14.9 Å². The first-order valence-electron chi connectivity index (χ1n) is 10.2. The molecule has 3 N–H and O–H groups in total. The molecule has 178 valence electrons. The molecule has 3 aromatic rings. The number of carboxylic acids is 1. The van der Waals surface area contributed by atoms with Crippen molar-refractivity contribution in [2.75, 3.05) is 6.54 Å². The van der Waals surface area contributed by atoms with Crippen molar-refractivity contribution in [3.05, 3.63) is 63.7 Å². The molecule has 0 radical (unpaired) electrons. The van der Waals surface area contributed by atoms with Crippen LogP contribution in [0.4, 0.5) is 13.2 Å². The first-order valence-corrected chi connectivity index (χ1v) is 11.1. The summed E-state index contributed by atoms with van der Waals surface area (Å²) in [5, 5.41) is 24.1. The Labute approximate surface area is 194 Å². The van der Waals surface area contributed by atoms with Gasteiger partial charge in [0.05, 0.1) is 10.7 Å². The van der Waals surface area contributed by atoms with E-state index in [-0.39, 0.29) is 6.04 Å². The lowest BCUT2D eigenvalue weighted by Gasteiger charge is -2.18. The van der Waals surface area contributed by atoms with Crippen molar-refractivity contribution in [3.63, 3.8) is 0 Å². The molecule has 3 rings (SSSR count). The number of nitrogens with zero attached hydrogens (tertiary/aromatic N) is 2. The van der Waals surface area contributed by atoms with E-state index in [0.717, 1.165) is 52.3 Å². The van der Waals surface area contributed by atoms with Crippen LogP contribution < -0.4 is 5.32 Å². The number of phenolic OH excluding ortho intramolecular Hbond substituents is 1. The van der Waals surface area contributed by atoms with Gasteiger partial charge in [-0.2, -0.15) is 13.2 Å². The fourth-order valence-corrected chi connectivity index (χ4v) is 4.11. The lowest BCUT2D eigenvalue weighted by atomic mass is 9.99. The molecule has 33 heavy (non-hydrogen) atoms. The molecular weight excluding hydrogens is 455 g/mol. The largest absolute Gasteiger partial charge is 0.508 e. The average Bonchev–Trinajstić information content (AvgIpc) is 3.20. The van der Waals surface area contributed by atoms with Crippen LogP contribution in [-0.2, 0) is 11.2 Å². The molecule has 6 nitrogen and oxygen atoms in total. The summed E-state index contributed by atoms with van der Waals surface area (Å²) in [5.41, 5.74) is 5.34. The van der Waals surface area contributed by atoms with Gasteiger partial charge in [-0.3, -0.25) is 4.98 Å². The van der Waals surface area contributed by atoms with E-state index >= 15 is 0 Å². The number of carboxylic acid groups (broad SMARTS) is 1. The molecule has 0 fully saturated rings. The van der Waals surface area contributed by atoms with E-state index in [1.165, 1.54) is 0 Å². The first kappa shape index (κ1) is 26.3. The molecule has 10 heteroatoms. The maximum absolute atomic E-state index is 10.6. The van der Waals surface area contributed by atoms with Gasteiger partial charge in [0.1, 0.15) is 5.75 Å². The van der Waals surface area contributed by atoms with Crippen molar-refractivity contribution in [1.82, 2.24) is 15.3 Å². The lowest BCUT2D eigenvalue weighted by molar-refractivity contribution is -0.192. The first-order chi connectivity index (χ1) is 15.5. The van der Waals surface area contributed by atoms with Crippen LogP contribution in [0.5, 0.6) is 5.75 Å². The van der Waals surface area contributed by atoms with Gasteiger partial charge in [0.2, 0.25) is 0 Å². The molecule has 0 amide bonds. The Morgan fingerprint density at radius 3 is 2.42 bits per heavy atom. The minimum atomic E-state index is -5.08. The maximum atomic E-state index is 10.6. The predicted octanol–water partition coefficient (Wildman–Crippen LogP) is 5.44. The van der Waals surface area contributed by atoms with Crippen molar-refractivity contribution < 1.29 is 28.2 Å². The quantitative estimate of drug-likeness (QED) is 0.389. The maximum Gasteiger partial charge on any atom is 0.490 e. The van der Waals surface area contributed by atoms with E-state index in [2.05, 4.69) is 35.6 Å². The molecule has 0 bridgehead atoms. The van der Waals surface area contributed by atoms with Crippen LogP contribution in [0.1, 0.15) is 41.1 Å². The van der Waals surface area contributed by atoms with E-state index < -0.39 is 12.1 Å². The number of rotatable bonds is 7. The van der Waals surface area contributed by atoms with E-state index in [0.29, 0.717) is 5.75 Å². The van der Waals surface area contributed by atoms with E-state index in [9.17, 15) is 18.3 Å². The number of thiazole rings is 1. The van der Waals surface area contributed by atoms with E-state index in [1.807, 2.05) is 25.1 Å². The van der Waals surface area contributed by atoms with Crippen LogP contribution in [0.2, 0.25) is 0 Å². The number of aromatic hydroxyl groups is 1. The van der Waals surface area contributed by atoms with Gasteiger partial charge in [0, 0.05) is 41.4 Å². The molecule has 0 aliphatic rings. The summed E-state index contributed by atoms with van der Waals surface area (Å²) in [6.45, 7) is 7.04. The van der Waals surface area contributed by atoms with Gasteiger partial charge in [-0.15, -0.1) is 11.3 Å². The second kappa shape index (κ2) is 11.8. The third kappa shape index (κ3) is 8.14. The highest BCUT2D eigenvalue weighted by Crippen LogP contribution is 2.29. The summed E-state index contributed by atoms with van der Waals surface area (Å²) < 4.78 is 31.7. The number of aryl methyl sites for hydroxylation is 3. The third-order valence-corrected chi connectivity index (χ3v) is 5.64. The second-order valence-electron chi connectivity index (χ2n) is 7.46. The van der Waals surface area contributed by atoms with Gasteiger partial charge in [-0.25, -0.2) is 9.78 Å². The van der Waals surface area contributed by atoms with Gasteiger partial charge >= 0.3 is 12.1 Å². The summed E-state index contributed by atoms with van der Waals surface area (Å²) in [6, 6.07) is 8.04. The van der Waals surface area contributed by atoms with Gasteiger partial charge in [-0.05, 0) is 63.1 Å². The van der Waals surface area contributed by atoms with Crippen LogP contribution in [-0.4, -0.2) is 38.9 Å². The van der Waals surface area contributed by atoms with Crippen molar-refractivity contribution in [2.24, 2.45) is 0 Å². The fraction of sp³-hybridized carbons (Fsp3) is 0.348. The Kier molecular flexibility index (Phi) is 9.36. The molecule has 0 spiro atoms. The van der Waals surface area contributed by atoms with Gasteiger partial charge in [-0.1, -0.05) is 6.07 Å². The van der Waals surface area contributed by atoms with Crippen LogP contribution >= 0.6 is 11.3 Å². The Morgan fingerprint density at radius 1 is 1.21 bits per heavy atom. The normalized spacial score (nSPS) is 12.1. The minimum Gasteiger partial charge on any atom is -0.508 e. The Morgan fingerprint density at radius 2 is 1.85 bits per heavy atom. The molecule has 2 heterocycles. The van der Waals surface area contributed by atoms with Crippen LogP contribution in [0.3, 0.4) is 0 Å². The number of carbonyl (C=O) groups is 1. The number of aromatic nitrogens is 2. The second-order valence-corrected chi connectivity index (χ2v) is 8.40. The molecule has 1 aromatic carbocycles. The van der Waals surface area contributed by atoms with Gasteiger partial charge in [0.15, 0.2) is 0 Å². The summed E-state index contributed by atoms with van der Waals surface area (Å²) in [4.78, 5) is 17.7. The zero-order valence-electron chi connectivity index (χ0n) is 18.5. The molecule has 0 aliphatic carbocycles. The standard InChI is InChI=1S/C21H25N3OS.C2HF3O2/c1-14-11-15(2)21(19(25)12-14)16(3)23-8-4-5-20-24-18(13-26-20)17-6-9-22-10-7-17;3-2(4,5)1(6)7/h6-7,9-13,16,23,25H,4-5,8H2,1-3H3;(H,6,7). The molecule has 0 saturated heterocycles. The number of aliphatic carboxylic acids is 1. The zero-order chi connectivity index (χ0) is 24.6. The molecule has 2 aromatic heterocycles. The number of phenols is 1. The molecular formula is C23H26F3N3O3S. The summed E-state index contributed by atoms with van der Waals surface area (Å²) >= 11 is 1.71. The molecule has 0 aliphatic heterocycles. The number of halogens is 3. The summed E-state index contributed by atoms with van der Waals surface area (Å²) in [6.07, 6.45) is 0.470. The van der Waals surface area contributed by atoms with Gasteiger partial charge < -0.3 is 15.5 Å². The highest BCUT2D eigenvalue weighted by molar-refractivity contribution is 7.09. The van der Waals surface area contributed by atoms with Crippen molar-refractivity contribution in [3.8, 4) is 17.0 Å². The molecule has 1 atom stereocenters. The summed E-state index contributed by atoms with van der Waals surface area (Å²) in [5.74, 6) is -2.38. The summed E-state index contributed by atoms with van der Waals surface area (Å²) in [7, 11) is 0. The molecule has 0 saturated carbocycles. The van der Waals surface area contributed by atoms with Crippen molar-refractivity contribution in [2.45, 2.75) is 45.8 Å². The number of alkyl halides is 3. The SMILES string of the molecule is Cc1cc(C)c(C(C)NCCCc2nc(-c3ccncc3)cs2)c(O)c1.O=C(O)C(F)(F)F. The number of hydrogen-bond donors (Lipinski definition) is 3. The zero-order valence-corrected chi connectivity index (χ0v) is 19.3. The third-order valence-electron chi connectivity index (χ3n) is 4.73. The monoisotopic (exact) mass is 481 g/mol. The smallest absolute Gasteiger partial charge is 0.490 e. The Balaban J connectivity index is 0.000000479. The predicted molar refractivity (Wildman–Crippen MR) is 121 cm³/mol.